The van der Waals surface area contributed by atoms with Crippen molar-refractivity contribution in [1.29, 1.82) is 0 Å². The summed E-state index contributed by atoms with van der Waals surface area (Å²) >= 11 is 6.92. The second-order valence-electron chi connectivity index (χ2n) is 9.16. The van der Waals surface area contributed by atoms with Crippen molar-refractivity contribution in [2.45, 2.75) is 19.6 Å². The fraction of sp³-hybridized carbons (Fsp3) is 0.200. The monoisotopic (exact) mass is 714 g/mol. The van der Waals surface area contributed by atoms with Gasteiger partial charge in [-0.15, -0.1) is 0 Å². The van der Waals surface area contributed by atoms with Crippen LogP contribution in [0.15, 0.2) is 86.0 Å². The number of rotatable bonds is 11. The summed E-state index contributed by atoms with van der Waals surface area (Å²) < 4.78 is 23.6. The Morgan fingerprint density at radius 3 is 2.42 bits per heavy atom. The number of hydrogen-bond acceptors (Lipinski definition) is 8. The Kier molecular flexibility index (Phi) is 10.8. The Labute approximate surface area is 264 Å². The van der Waals surface area contributed by atoms with Crippen LogP contribution in [0.3, 0.4) is 0 Å². The SMILES string of the molecule is COC(=O)C1=C(C)NC(=O)N[C@@H]1c1ccc(OCC(=O)N/N=C\c2ccc(OCc3ccc(Br)cc3)c(Br)c2)c(OC)c1. The largest absolute Gasteiger partial charge is 0.493 e. The van der Waals surface area contributed by atoms with Gasteiger partial charge < -0.3 is 29.6 Å². The number of hydrazone groups is 1. The molecule has 0 saturated heterocycles. The van der Waals surface area contributed by atoms with Gasteiger partial charge >= 0.3 is 12.0 Å². The van der Waals surface area contributed by atoms with E-state index in [9.17, 15) is 14.4 Å². The van der Waals surface area contributed by atoms with Crippen molar-refractivity contribution in [1.82, 2.24) is 16.1 Å². The molecule has 224 valence electrons. The second kappa shape index (κ2) is 14.7. The maximum atomic E-state index is 12.4. The van der Waals surface area contributed by atoms with Crippen molar-refractivity contribution in [3.8, 4) is 17.2 Å². The highest BCUT2D eigenvalue weighted by molar-refractivity contribution is 9.10. The van der Waals surface area contributed by atoms with Crippen LogP contribution in [0.25, 0.3) is 0 Å². The zero-order chi connectivity index (χ0) is 30.9. The van der Waals surface area contributed by atoms with Gasteiger partial charge in [0.1, 0.15) is 12.4 Å². The van der Waals surface area contributed by atoms with Crippen LogP contribution >= 0.6 is 31.9 Å². The molecule has 43 heavy (non-hydrogen) atoms. The van der Waals surface area contributed by atoms with Crippen LogP contribution in [0.1, 0.15) is 29.7 Å². The van der Waals surface area contributed by atoms with Gasteiger partial charge in [0.2, 0.25) is 0 Å². The van der Waals surface area contributed by atoms with E-state index in [0.29, 0.717) is 29.4 Å². The predicted octanol–water partition coefficient (Wildman–Crippen LogP) is 5.13. The normalized spacial score (nSPS) is 14.5. The molecule has 0 bridgehead atoms. The van der Waals surface area contributed by atoms with E-state index < -0.39 is 23.9 Å². The van der Waals surface area contributed by atoms with Crippen LogP contribution in [-0.4, -0.2) is 44.9 Å². The first-order valence-corrected chi connectivity index (χ1v) is 14.4. The van der Waals surface area contributed by atoms with Crippen LogP contribution in [0.2, 0.25) is 0 Å². The molecule has 3 aromatic carbocycles. The molecule has 13 heteroatoms. The molecule has 0 unspecified atom stereocenters. The molecule has 1 heterocycles. The number of esters is 1. The second-order valence-corrected chi connectivity index (χ2v) is 10.9. The molecular weight excluding hydrogens is 688 g/mol. The minimum atomic E-state index is -0.769. The van der Waals surface area contributed by atoms with Crippen LogP contribution < -0.4 is 30.3 Å². The molecule has 3 aromatic rings. The minimum absolute atomic E-state index is 0.255. The number of nitrogens with zero attached hydrogens (tertiary/aromatic N) is 1. The first-order valence-electron chi connectivity index (χ1n) is 12.8. The third-order valence-electron chi connectivity index (χ3n) is 6.22. The number of carbonyl (C=O) groups excluding carboxylic acids is 3. The van der Waals surface area contributed by atoms with E-state index in [1.165, 1.54) is 20.4 Å². The molecule has 11 nitrogen and oxygen atoms in total. The molecule has 1 atom stereocenters. The van der Waals surface area contributed by atoms with Gasteiger partial charge in [0.15, 0.2) is 18.1 Å². The van der Waals surface area contributed by atoms with Crippen LogP contribution in [0.5, 0.6) is 17.2 Å². The predicted molar refractivity (Wildman–Crippen MR) is 166 cm³/mol. The van der Waals surface area contributed by atoms with E-state index >= 15 is 0 Å². The smallest absolute Gasteiger partial charge is 0.337 e. The number of allylic oxidation sites excluding steroid dienone is 1. The van der Waals surface area contributed by atoms with Gasteiger partial charge in [-0.25, -0.2) is 15.0 Å². The quantitative estimate of drug-likeness (QED) is 0.142. The molecule has 0 radical (unpaired) electrons. The Hall–Kier alpha value is -4.36. The number of urea groups is 1. The van der Waals surface area contributed by atoms with Gasteiger partial charge in [-0.1, -0.05) is 34.1 Å². The Morgan fingerprint density at radius 2 is 1.72 bits per heavy atom. The molecule has 0 fully saturated rings. The molecule has 0 aromatic heterocycles. The van der Waals surface area contributed by atoms with Crippen molar-refractivity contribution in [2.24, 2.45) is 5.10 Å². The summed E-state index contributed by atoms with van der Waals surface area (Å²) in [7, 11) is 2.70. The first-order chi connectivity index (χ1) is 20.7. The van der Waals surface area contributed by atoms with Crippen LogP contribution in [0.4, 0.5) is 4.79 Å². The third-order valence-corrected chi connectivity index (χ3v) is 7.37. The van der Waals surface area contributed by atoms with Gasteiger partial charge in [-0.05, 0) is 82.0 Å². The van der Waals surface area contributed by atoms with Crippen molar-refractivity contribution >= 4 is 56.0 Å². The lowest BCUT2D eigenvalue weighted by Gasteiger charge is -2.28. The average molecular weight is 716 g/mol. The maximum absolute atomic E-state index is 12.4. The number of hydrogen-bond donors (Lipinski definition) is 3. The highest BCUT2D eigenvalue weighted by atomic mass is 79.9. The molecule has 3 amide bonds. The molecule has 4 rings (SSSR count). The van der Waals surface area contributed by atoms with E-state index in [1.807, 2.05) is 42.5 Å². The molecule has 1 aliphatic heterocycles. The van der Waals surface area contributed by atoms with Crippen LogP contribution in [0, 0.1) is 0 Å². The summed E-state index contributed by atoms with van der Waals surface area (Å²) in [5, 5.41) is 9.27. The third kappa shape index (κ3) is 8.36. The number of methoxy groups -OCH3 is 2. The van der Waals surface area contributed by atoms with Crippen molar-refractivity contribution in [2.75, 3.05) is 20.8 Å². The topological polar surface area (TPSA) is 137 Å². The molecule has 3 N–H and O–H groups in total. The Bertz CT molecular complexity index is 1580. The van der Waals surface area contributed by atoms with Crippen molar-refractivity contribution in [3.05, 3.63) is 97.6 Å². The summed E-state index contributed by atoms with van der Waals surface area (Å²) in [5.74, 6) is 0.185. The Balaban J connectivity index is 1.32. The van der Waals surface area contributed by atoms with Gasteiger partial charge in [-0.3, -0.25) is 4.79 Å². The number of amides is 3. The lowest BCUT2D eigenvalue weighted by atomic mass is 9.95. The first kappa shape index (κ1) is 31.6. The van der Waals surface area contributed by atoms with Crippen molar-refractivity contribution < 1.29 is 33.3 Å². The minimum Gasteiger partial charge on any atom is -0.493 e. The van der Waals surface area contributed by atoms with Gasteiger partial charge in [0.05, 0.1) is 36.5 Å². The number of nitrogens with one attached hydrogen (secondary N) is 3. The van der Waals surface area contributed by atoms with E-state index in [0.717, 1.165) is 20.1 Å². The molecule has 0 saturated carbocycles. The average Bonchev–Trinajstić information content (AvgIpc) is 2.99. The summed E-state index contributed by atoms with van der Waals surface area (Å²) in [6, 6.07) is 16.9. The van der Waals surface area contributed by atoms with E-state index in [2.05, 4.69) is 53.0 Å². The molecule has 0 aliphatic carbocycles. The molecule has 1 aliphatic rings. The summed E-state index contributed by atoms with van der Waals surface area (Å²) in [6.45, 7) is 1.70. The fourth-order valence-electron chi connectivity index (χ4n) is 4.12. The number of benzene rings is 3. The molecule has 0 spiro atoms. The van der Waals surface area contributed by atoms with E-state index in [-0.39, 0.29) is 17.9 Å². The summed E-state index contributed by atoms with van der Waals surface area (Å²) in [4.78, 5) is 36.8. The number of carbonyl (C=O) groups is 3. The summed E-state index contributed by atoms with van der Waals surface area (Å²) in [5.41, 5.74) is 5.39. The van der Waals surface area contributed by atoms with Crippen molar-refractivity contribution in [3.63, 3.8) is 0 Å². The van der Waals surface area contributed by atoms with Gasteiger partial charge in [0.25, 0.3) is 5.91 Å². The molecular formula is C30H28Br2N4O7. The van der Waals surface area contributed by atoms with Gasteiger partial charge in [0, 0.05) is 10.2 Å². The standard InChI is InChI=1S/C30H28Br2N4O7/c1-17-27(29(38)41-3)28(35-30(39)34-17)20-7-11-24(25(13-20)40-2)43-16-26(37)36-33-14-19-6-10-23(22(32)12-19)42-15-18-4-8-21(31)9-5-18/h4-14,28H,15-16H2,1-3H3,(H,36,37)(H2,34,35,39)/b33-14-/t28-/m1/s1. The van der Waals surface area contributed by atoms with E-state index in [4.69, 9.17) is 18.9 Å². The number of halogens is 2. The zero-order valence-electron chi connectivity index (χ0n) is 23.4. The highest BCUT2D eigenvalue weighted by Gasteiger charge is 2.32. The highest BCUT2D eigenvalue weighted by Crippen LogP contribution is 2.34. The van der Waals surface area contributed by atoms with Crippen LogP contribution in [-0.2, 0) is 20.9 Å². The maximum Gasteiger partial charge on any atom is 0.337 e. The summed E-state index contributed by atoms with van der Waals surface area (Å²) in [6.07, 6.45) is 1.50. The lowest BCUT2D eigenvalue weighted by Crippen LogP contribution is -2.45. The number of ether oxygens (including phenoxy) is 4. The van der Waals surface area contributed by atoms with E-state index in [1.54, 1.807) is 25.1 Å². The van der Waals surface area contributed by atoms with Gasteiger partial charge in [-0.2, -0.15) is 5.10 Å². The fourth-order valence-corrected chi connectivity index (χ4v) is 4.89. The Morgan fingerprint density at radius 1 is 0.977 bits per heavy atom. The lowest BCUT2D eigenvalue weighted by molar-refractivity contribution is -0.136. The zero-order valence-corrected chi connectivity index (χ0v) is 26.6.